The molecule has 2 rings (SSSR count). The molecule has 0 bridgehead atoms. The predicted molar refractivity (Wildman–Crippen MR) is 92.8 cm³/mol. The Hall–Kier alpha value is -2.60. The van der Waals surface area contributed by atoms with Gasteiger partial charge in [-0.05, 0) is 12.5 Å². The summed E-state index contributed by atoms with van der Waals surface area (Å²) in [5.41, 5.74) is -5.15. The fourth-order valence-corrected chi connectivity index (χ4v) is 3.72. The Morgan fingerprint density at radius 2 is 1.46 bits per heavy atom. The van der Waals surface area contributed by atoms with Crippen LogP contribution in [0.3, 0.4) is 0 Å². The molecule has 0 saturated carbocycles. The highest BCUT2D eigenvalue weighted by atomic mass is 32.2. The molecule has 0 spiro atoms. The molecule has 1 aromatic carbocycles. The standard InChI is InChI=1S/C16H13F3O7S2/c1-8-4-6-9(7-5-8)10-11(26-28(22,23)16(17,18)19)13(15(21)25-3)27-12(10)14(20)24-2/h4-7H,1-3H3. The minimum Gasteiger partial charge on any atom is -0.465 e. The molecule has 0 amide bonds. The van der Waals surface area contributed by atoms with E-state index < -0.39 is 38.2 Å². The predicted octanol–water partition coefficient (Wildman–Crippen LogP) is 3.53. The molecular weight excluding hydrogens is 425 g/mol. The van der Waals surface area contributed by atoms with Gasteiger partial charge in [-0.15, -0.1) is 11.3 Å². The van der Waals surface area contributed by atoms with E-state index in [2.05, 4.69) is 13.7 Å². The number of rotatable bonds is 5. The summed E-state index contributed by atoms with van der Waals surface area (Å²) in [4.78, 5) is 23.2. The topological polar surface area (TPSA) is 96.0 Å². The molecule has 152 valence electrons. The number of aryl methyl sites for hydroxylation is 1. The Labute approximate surface area is 161 Å². The maximum atomic E-state index is 12.8. The highest BCUT2D eigenvalue weighted by Gasteiger charge is 2.50. The van der Waals surface area contributed by atoms with Crippen molar-refractivity contribution in [3.05, 3.63) is 39.6 Å². The third-order valence-corrected chi connectivity index (χ3v) is 5.51. The molecule has 28 heavy (non-hydrogen) atoms. The highest BCUT2D eigenvalue weighted by molar-refractivity contribution is 7.88. The van der Waals surface area contributed by atoms with E-state index in [1.165, 1.54) is 12.1 Å². The molecule has 0 aliphatic rings. The van der Waals surface area contributed by atoms with Gasteiger partial charge in [-0.25, -0.2) is 9.59 Å². The SMILES string of the molecule is COC(=O)c1sc(C(=O)OC)c(-c2ccc(C)cc2)c1OS(=O)(=O)C(F)(F)F. The molecule has 12 heteroatoms. The van der Waals surface area contributed by atoms with Gasteiger partial charge in [0.25, 0.3) is 0 Å². The van der Waals surface area contributed by atoms with Crippen molar-refractivity contribution >= 4 is 33.4 Å². The lowest BCUT2D eigenvalue weighted by Gasteiger charge is -2.12. The van der Waals surface area contributed by atoms with Gasteiger partial charge in [-0.3, -0.25) is 0 Å². The van der Waals surface area contributed by atoms with E-state index in [0.717, 1.165) is 19.8 Å². The van der Waals surface area contributed by atoms with Crippen LogP contribution in [0.1, 0.15) is 24.9 Å². The van der Waals surface area contributed by atoms with Crippen LogP contribution in [0.4, 0.5) is 13.2 Å². The van der Waals surface area contributed by atoms with E-state index in [4.69, 9.17) is 0 Å². The van der Waals surface area contributed by atoms with Gasteiger partial charge in [0, 0.05) is 0 Å². The molecule has 0 atom stereocenters. The van der Waals surface area contributed by atoms with Gasteiger partial charge in [0.1, 0.15) is 4.88 Å². The minimum absolute atomic E-state index is 0.143. The lowest BCUT2D eigenvalue weighted by atomic mass is 10.0. The van der Waals surface area contributed by atoms with Gasteiger partial charge >= 0.3 is 27.6 Å². The normalized spacial score (nSPS) is 11.8. The van der Waals surface area contributed by atoms with Gasteiger partial charge < -0.3 is 13.7 Å². The summed E-state index contributed by atoms with van der Waals surface area (Å²) in [5.74, 6) is -3.13. The molecule has 1 heterocycles. The van der Waals surface area contributed by atoms with Crippen molar-refractivity contribution in [3.8, 4) is 16.9 Å². The van der Waals surface area contributed by atoms with Crippen molar-refractivity contribution < 1.29 is 44.8 Å². The van der Waals surface area contributed by atoms with Crippen LogP contribution in [-0.4, -0.2) is 40.1 Å². The summed E-state index contributed by atoms with van der Waals surface area (Å²) in [6, 6.07) is 6.01. The fraction of sp³-hybridized carbons (Fsp3) is 0.250. The van der Waals surface area contributed by atoms with Gasteiger partial charge in [0.2, 0.25) is 0 Å². The van der Waals surface area contributed by atoms with Crippen LogP contribution < -0.4 is 4.18 Å². The third kappa shape index (κ3) is 4.12. The van der Waals surface area contributed by atoms with Crippen molar-refractivity contribution in [2.45, 2.75) is 12.4 Å². The Morgan fingerprint density at radius 3 is 1.93 bits per heavy atom. The Bertz CT molecular complexity index is 1010. The van der Waals surface area contributed by atoms with Crippen molar-refractivity contribution in [3.63, 3.8) is 0 Å². The van der Waals surface area contributed by atoms with Gasteiger partial charge in [0.05, 0.1) is 19.8 Å². The summed E-state index contributed by atoms with van der Waals surface area (Å²) < 4.78 is 75.0. The molecule has 7 nitrogen and oxygen atoms in total. The number of halogens is 3. The van der Waals surface area contributed by atoms with Crippen molar-refractivity contribution in [2.75, 3.05) is 14.2 Å². The van der Waals surface area contributed by atoms with E-state index >= 15 is 0 Å². The maximum Gasteiger partial charge on any atom is 0.534 e. The molecule has 0 radical (unpaired) electrons. The largest absolute Gasteiger partial charge is 0.534 e. The Kier molecular flexibility index (Phi) is 6.04. The smallest absolute Gasteiger partial charge is 0.465 e. The number of hydrogen-bond acceptors (Lipinski definition) is 8. The number of thiophene rings is 1. The second-order valence-corrected chi connectivity index (χ2v) is 7.86. The molecule has 0 fully saturated rings. The summed E-state index contributed by atoms with van der Waals surface area (Å²) in [6.45, 7) is 1.74. The lowest BCUT2D eigenvalue weighted by molar-refractivity contribution is -0.0500. The first kappa shape index (κ1) is 21.7. The van der Waals surface area contributed by atoms with Crippen LogP contribution >= 0.6 is 11.3 Å². The summed E-state index contributed by atoms with van der Waals surface area (Å²) in [5, 5.41) is 0. The number of hydrogen-bond donors (Lipinski definition) is 0. The zero-order chi connectivity index (χ0) is 21.3. The number of methoxy groups -OCH3 is 2. The number of carbonyl (C=O) groups is 2. The molecule has 0 saturated heterocycles. The van der Waals surface area contributed by atoms with Crippen LogP contribution in [0.25, 0.3) is 11.1 Å². The molecule has 0 N–H and O–H groups in total. The van der Waals surface area contributed by atoms with Crippen molar-refractivity contribution in [1.82, 2.24) is 0 Å². The quantitative estimate of drug-likeness (QED) is 0.400. The number of benzene rings is 1. The minimum atomic E-state index is -6.13. The zero-order valence-electron chi connectivity index (χ0n) is 14.6. The monoisotopic (exact) mass is 438 g/mol. The number of carbonyl (C=O) groups excluding carboxylic acids is 2. The number of ether oxygens (including phenoxy) is 2. The average Bonchev–Trinajstić information content (AvgIpc) is 2.98. The van der Waals surface area contributed by atoms with Gasteiger partial charge in [-0.2, -0.15) is 21.6 Å². The van der Waals surface area contributed by atoms with E-state index in [9.17, 15) is 31.2 Å². The molecule has 0 aliphatic carbocycles. The lowest BCUT2D eigenvalue weighted by Crippen LogP contribution is -2.28. The van der Waals surface area contributed by atoms with Crippen molar-refractivity contribution in [1.29, 1.82) is 0 Å². The fourth-order valence-electron chi connectivity index (χ4n) is 2.10. The average molecular weight is 438 g/mol. The first-order valence-corrected chi connectivity index (χ1v) is 9.56. The molecule has 0 unspecified atom stereocenters. The first-order valence-electron chi connectivity index (χ1n) is 7.34. The van der Waals surface area contributed by atoms with Crippen LogP contribution in [0.2, 0.25) is 0 Å². The third-order valence-electron chi connectivity index (χ3n) is 3.42. The van der Waals surface area contributed by atoms with E-state index in [0.29, 0.717) is 11.3 Å². The van der Waals surface area contributed by atoms with Gasteiger partial charge in [-0.1, -0.05) is 29.8 Å². The van der Waals surface area contributed by atoms with E-state index in [1.807, 2.05) is 0 Å². The number of esters is 2. The van der Waals surface area contributed by atoms with Crippen LogP contribution in [0.15, 0.2) is 24.3 Å². The zero-order valence-corrected chi connectivity index (χ0v) is 16.3. The van der Waals surface area contributed by atoms with E-state index in [-0.39, 0.29) is 16.0 Å². The summed E-state index contributed by atoms with van der Waals surface area (Å²) in [6.07, 6.45) is 0. The van der Waals surface area contributed by atoms with Crippen LogP contribution in [0.5, 0.6) is 5.75 Å². The second-order valence-electron chi connectivity index (χ2n) is 5.30. The maximum absolute atomic E-state index is 12.8. The second kappa shape index (κ2) is 7.80. The molecule has 2 aromatic rings. The molecule has 0 aliphatic heterocycles. The molecular formula is C16H13F3O7S2. The highest BCUT2D eigenvalue weighted by Crippen LogP contribution is 2.45. The summed E-state index contributed by atoms with van der Waals surface area (Å²) in [7, 11) is -4.17. The summed E-state index contributed by atoms with van der Waals surface area (Å²) >= 11 is 0.396. The van der Waals surface area contributed by atoms with E-state index in [1.54, 1.807) is 19.1 Å². The molecule has 1 aromatic heterocycles. The number of alkyl halides is 3. The van der Waals surface area contributed by atoms with Gasteiger partial charge in [0.15, 0.2) is 10.6 Å². The Balaban J connectivity index is 2.85. The van der Waals surface area contributed by atoms with Crippen LogP contribution in [0, 0.1) is 6.92 Å². The Morgan fingerprint density at radius 1 is 0.964 bits per heavy atom. The first-order chi connectivity index (χ1) is 12.9. The van der Waals surface area contributed by atoms with Crippen LogP contribution in [-0.2, 0) is 19.6 Å². The van der Waals surface area contributed by atoms with Crippen molar-refractivity contribution in [2.24, 2.45) is 0 Å².